The Bertz CT molecular complexity index is 600. The standard InChI is InChI=1S/C15H14Cl2N2O2/c16-13-6-12(7-14(17)8-13)15(21)19(4-5-20)10-11-2-1-3-18-9-11/h1-3,6-9,20H,4-5,10H2. The van der Waals surface area contributed by atoms with Crippen molar-refractivity contribution in [3.63, 3.8) is 0 Å². The van der Waals surface area contributed by atoms with Crippen molar-refractivity contribution in [1.29, 1.82) is 0 Å². The van der Waals surface area contributed by atoms with Gasteiger partial charge in [0.05, 0.1) is 6.61 Å². The molecule has 1 heterocycles. The van der Waals surface area contributed by atoms with E-state index >= 15 is 0 Å². The minimum absolute atomic E-state index is 0.125. The molecule has 1 aromatic heterocycles. The number of benzene rings is 1. The number of nitrogens with zero attached hydrogens (tertiary/aromatic N) is 2. The van der Waals surface area contributed by atoms with E-state index in [1.807, 2.05) is 6.07 Å². The number of carbonyl (C=O) groups is 1. The molecule has 0 saturated heterocycles. The van der Waals surface area contributed by atoms with Crippen LogP contribution in [0.2, 0.25) is 10.0 Å². The number of carbonyl (C=O) groups excluding carboxylic acids is 1. The van der Waals surface area contributed by atoms with E-state index in [-0.39, 0.29) is 19.1 Å². The monoisotopic (exact) mass is 324 g/mol. The van der Waals surface area contributed by atoms with E-state index < -0.39 is 0 Å². The summed E-state index contributed by atoms with van der Waals surface area (Å²) in [5, 5.41) is 9.96. The van der Waals surface area contributed by atoms with Gasteiger partial charge in [-0.3, -0.25) is 9.78 Å². The third kappa shape index (κ3) is 4.43. The molecule has 0 saturated carbocycles. The van der Waals surface area contributed by atoms with E-state index in [2.05, 4.69) is 4.98 Å². The summed E-state index contributed by atoms with van der Waals surface area (Å²) in [5.74, 6) is -0.239. The van der Waals surface area contributed by atoms with Crippen LogP contribution in [0.5, 0.6) is 0 Å². The van der Waals surface area contributed by atoms with Gasteiger partial charge in [-0.15, -0.1) is 0 Å². The van der Waals surface area contributed by atoms with Gasteiger partial charge >= 0.3 is 0 Å². The molecule has 1 N–H and O–H groups in total. The number of amides is 1. The first kappa shape index (κ1) is 15.8. The average Bonchev–Trinajstić information content (AvgIpc) is 2.46. The molecule has 1 amide bonds. The summed E-state index contributed by atoms with van der Waals surface area (Å²) in [6.07, 6.45) is 3.35. The SMILES string of the molecule is O=C(c1cc(Cl)cc(Cl)c1)N(CCO)Cc1cccnc1. The van der Waals surface area contributed by atoms with Gasteiger partial charge in [-0.1, -0.05) is 29.3 Å². The molecular formula is C15H14Cl2N2O2. The second kappa shape index (κ2) is 7.41. The lowest BCUT2D eigenvalue weighted by Gasteiger charge is -2.22. The Morgan fingerprint density at radius 2 is 1.95 bits per heavy atom. The number of rotatable bonds is 5. The molecule has 0 unspecified atom stereocenters. The maximum absolute atomic E-state index is 12.5. The van der Waals surface area contributed by atoms with Crippen molar-refractivity contribution >= 4 is 29.1 Å². The summed E-state index contributed by atoms with van der Waals surface area (Å²) in [4.78, 5) is 18.1. The Hall–Kier alpha value is -1.62. The van der Waals surface area contributed by atoms with Gasteiger partial charge < -0.3 is 10.0 Å². The maximum Gasteiger partial charge on any atom is 0.254 e. The van der Waals surface area contributed by atoms with Gasteiger partial charge in [-0.05, 0) is 29.8 Å². The van der Waals surface area contributed by atoms with Crippen LogP contribution in [0.15, 0.2) is 42.7 Å². The fraction of sp³-hybridized carbons (Fsp3) is 0.200. The molecule has 0 aliphatic heterocycles. The number of aliphatic hydroxyl groups is 1. The molecule has 21 heavy (non-hydrogen) atoms. The zero-order valence-electron chi connectivity index (χ0n) is 11.2. The lowest BCUT2D eigenvalue weighted by atomic mass is 10.1. The third-order valence-corrected chi connectivity index (χ3v) is 3.30. The molecular weight excluding hydrogens is 311 g/mol. The molecule has 2 aromatic rings. The molecule has 4 nitrogen and oxygen atoms in total. The van der Waals surface area contributed by atoms with Crippen molar-refractivity contribution < 1.29 is 9.90 Å². The van der Waals surface area contributed by atoms with Crippen molar-refractivity contribution in [1.82, 2.24) is 9.88 Å². The van der Waals surface area contributed by atoms with Gasteiger partial charge in [0.15, 0.2) is 0 Å². The lowest BCUT2D eigenvalue weighted by molar-refractivity contribution is 0.0707. The van der Waals surface area contributed by atoms with Crippen LogP contribution in [-0.4, -0.2) is 34.0 Å². The van der Waals surface area contributed by atoms with E-state index in [0.717, 1.165) is 5.56 Å². The Kier molecular flexibility index (Phi) is 5.56. The highest BCUT2D eigenvalue weighted by Crippen LogP contribution is 2.20. The summed E-state index contributed by atoms with van der Waals surface area (Å²) in [7, 11) is 0. The van der Waals surface area contributed by atoms with Gasteiger partial charge in [-0.25, -0.2) is 0 Å². The van der Waals surface area contributed by atoms with Gasteiger partial charge in [0.25, 0.3) is 5.91 Å². The van der Waals surface area contributed by atoms with E-state index in [1.165, 1.54) is 4.90 Å². The van der Waals surface area contributed by atoms with Crippen LogP contribution in [0.1, 0.15) is 15.9 Å². The average molecular weight is 325 g/mol. The topological polar surface area (TPSA) is 53.4 Å². The molecule has 0 bridgehead atoms. The maximum atomic E-state index is 12.5. The molecule has 0 aliphatic carbocycles. The number of aliphatic hydroxyl groups excluding tert-OH is 1. The van der Waals surface area contributed by atoms with Crippen molar-refractivity contribution in [2.45, 2.75) is 6.54 Å². The highest BCUT2D eigenvalue weighted by Gasteiger charge is 2.17. The van der Waals surface area contributed by atoms with Crippen molar-refractivity contribution in [3.8, 4) is 0 Å². The van der Waals surface area contributed by atoms with Crippen LogP contribution in [0.25, 0.3) is 0 Å². The quantitative estimate of drug-likeness (QED) is 0.919. The van der Waals surface area contributed by atoms with Crippen LogP contribution in [0.4, 0.5) is 0 Å². The molecule has 2 rings (SSSR count). The van der Waals surface area contributed by atoms with Gasteiger partial charge in [0, 0.05) is 41.1 Å². The summed E-state index contributed by atoms with van der Waals surface area (Å²) in [6, 6.07) is 8.35. The molecule has 6 heteroatoms. The predicted molar refractivity (Wildman–Crippen MR) is 82.5 cm³/mol. The smallest absolute Gasteiger partial charge is 0.254 e. The number of aromatic nitrogens is 1. The molecule has 0 spiro atoms. The lowest BCUT2D eigenvalue weighted by Crippen LogP contribution is -2.33. The number of halogens is 2. The second-order valence-corrected chi connectivity index (χ2v) is 5.34. The van der Waals surface area contributed by atoms with Crippen LogP contribution in [-0.2, 0) is 6.54 Å². The molecule has 0 radical (unpaired) electrons. The predicted octanol–water partition coefficient (Wildman–Crippen LogP) is 3.02. The summed E-state index contributed by atoms with van der Waals surface area (Å²) in [5.41, 5.74) is 1.28. The van der Waals surface area contributed by atoms with Gasteiger partial charge in [0.2, 0.25) is 0 Å². The minimum Gasteiger partial charge on any atom is -0.395 e. The van der Waals surface area contributed by atoms with Crippen LogP contribution < -0.4 is 0 Å². The van der Waals surface area contributed by atoms with Gasteiger partial charge in [0.1, 0.15) is 0 Å². The van der Waals surface area contributed by atoms with E-state index in [1.54, 1.807) is 36.7 Å². The second-order valence-electron chi connectivity index (χ2n) is 4.47. The first-order valence-corrected chi connectivity index (χ1v) is 7.11. The van der Waals surface area contributed by atoms with Crippen molar-refractivity contribution in [2.75, 3.05) is 13.2 Å². The summed E-state index contributed by atoms with van der Waals surface area (Å²) < 4.78 is 0. The Morgan fingerprint density at radius 3 is 2.52 bits per heavy atom. The van der Waals surface area contributed by atoms with Crippen molar-refractivity contribution in [3.05, 3.63) is 63.9 Å². The number of hydrogen-bond acceptors (Lipinski definition) is 3. The number of hydrogen-bond donors (Lipinski definition) is 1. The van der Waals surface area contributed by atoms with E-state index in [0.29, 0.717) is 22.2 Å². The Labute approximate surface area is 132 Å². The van der Waals surface area contributed by atoms with Gasteiger partial charge in [-0.2, -0.15) is 0 Å². The molecule has 1 aromatic carbocycles. The van der Waals surface area contributed by atoms with Crippen LogP contribution >= 0.6 is 23.2 Å². The van der Waals surface area contributed by atoms with E-state index in [4.69, 9.17) is 28.3 Å². The zero-order valence-corrected chi connectivity index (χ0v) is 12.7. The summed E-state index contributed by atoms with van der Waals surface area (Å²) in [6.45, 7) is 0.454. The fourth-order valence-electron chi connectivity index (χ4n) is 1.95. The summed E-state index contributed by atoms with van der Waals surface area (Å²) >= 11 is 11.8. The molecule has 110 valence electrons. The normalized spacial score (nSPS) is 10.4. The van der Waals surface area contributed by atoms with E-state index in [9.17, 15) is 4.79 Å². The largest absolute Gasteiger partial charge is 0.395 e. The Balaban J connectivity index is 2.22. The zero-order chi connectivity index (χ0) is 15.2. The number of pyridine rings is 1. The Morgan fingerprint density at radius 1 is 1.24 bits per heavy atom. The fourth-order valence-corrected chi connectivity index (χ4v) is 2.47. The first-order chi connectivity index (χ1) is 10.1. The third-order valence-electron chi connectivity index (χ3n) is 2.86. The molecule has 0 aliphatic rings. The van der Waals surface area contributed by atoms with Crippen LogP contribution in [0.3, 0.4) is 0 Å². The minimum atomic E-state index is -0.239. The van der Waals surface area contributed by atoms with Crippen molar-refractivity contribution in [2.24, 2.45) is 0 Å². The molecule has 0 fully saturated rings. The highest BCUT2D eigenvalue weighted by molar-refractivity contribution is 6.35. The van der Waals surface area contributed by atoms with Crippen LogP contribution in [0, 0.1) is 0 Å². The first-order valence-electron chi connectivity index (χ1n) is 6.35. The molecule has 0 atom stereocenters. The highest BCUT2D eigenvalue weighted by atomic mass is 35.5.